The van der Waals surface area contributed by atoms with E-state index in [2.05, 4.69) is 109 Å². The first-order valence-electron chi connectivity index (χ1n) is 12.6. The van der Waals surface area contributed by atoms with Crippen LogP contribution in [0.4, 0.5) is 5.69 Å². The minimum atomic E-state index is -1.11. The second kappa shape index (κ2) is 19.9. The van der Waals surface area contributed by atoms with Crippen LogP contribution >= 0.6 is 11.3 Å². The number of imidazole rings is 1. The normalized spacial score (nSPS) is 9.38. The Hall–Kier alpha value is -5.05. The van der Waals surface area contributed by atoms with E-state index >= 15 is 0 Å². The number of unbranched alkanes of at least 4 members (excludes halogenated alkanes) is 1. The van der Waals surface area contributed by atoms with Crippen LogP contribution in [0.2, 0.25) is 0 Å². The molecule has 4 rings (SSSR count). The van der Waals surface area contributed by atoms with E-state index in [1.807, 2.05) is 42.1 Å². The molecule has 212 valence electrons. The Morgan fingerprint density at radius 3 is 2.00 bits per heavy atom. The highest BCUT2D eigenvalue weighted by molar-refractivity contribution is 7.87. The Kier molecular flexibility index (Phi) is 16.6. The highest BCUT2D eigenvalue weighted by Crippen LogP contribution is 2.42. The first kappa shape index (κ1) is 35.0. The third-order valence-corrected chi connectivity index (χ3v) is 8.16. The van der Waals surface area contributed by atoms with Crippen molar-refractivity contribution in [3.8, 4) is 22.6 Å². The van der Waals surface area contributed by atoms with Crippen LogP contribution in [-0.2, 0) is 17.8 Å². The van der Waals surface area contributed by atoms with Gasteiger partial charge < -0.3 is 10.3 Å². The van der Waals surface area contributed by atoms with Gasteiger partial charge in [-0.1, -0.05) is 78.1 Å². The fourth-order valence-corrected chi connectivity index (χ4v) is 6.13. The van der Waals surface area contributed by atoms with Gasteiger partial charge in [0.2, 0.25) is 0 Å². The Morgan fingerprint density at radius 2 is 1.55 bits per heavy atom. The van der Waals surface area contributed by atoms with E-state index in [9.17, 15) is 4.21 Å². The quantitative estimate of drug-likeness (QED) is 0.229. The van der Waals surface area contributed by atoms with E-state index in [4.69, 9.17) is 10.7 Å². The van der Waals surface area contributed by atoms with Gasteiger partial charge in [-0.2, -0.15) is 0 Å². The molecular weight excluding hydrogens is 557 g/mol. The summed E-state index contributed by atoms with van der Waals surface area (Å²) in [6.45, 7) is 21.3. The molecule has 3 aromatic heterocycles. The standard InChI is InChI=1S/C21H22N4OS2.2C5H4.C4H4/c1-3-4-12-28(26)21-18(22)17-15(14-8-6-5-7-9-14)13-16(24-20(17)27-21)19-23-10-11-25(19)2;2*1-3-5-4-2;1-3-4-2/h5-11,13H,3-4,12,22H2,1-2H3;2*1-2H2;1-2H2. The molecule has 0 saturated heterocycles. The van der Waals surface area contributed by atoms with Gasteiger partial charge in [0.15, 0.2) is 5.82 Å². The maximum absolute atomic E-state index is 12.8. The monoisotopic (exact) mass is 590 g/mol. The molecule has 0 aliphatic carbocycles. The molecular formula is C35H34N4OS2. The number of benzene rings is 1. The molecule has 1 aromatic carbocycles. The van der Waals surface area contributed by atoms with Crippen LogP contribution in [0.3, 0.4) is 0 Å². The fraction of sp³-hybridized carbons (Fsp3) is 0.143. The Bertz CT molecular complexity index is 1730. The van der Waals surface area contributed by atoms with Crippen LogP contribution in [0.5, 0.6) is 0 Å². The molecule has 42 heavy (non-hydrogen) atoms. The number of nitrogens with two attached hydrogens (primary N) is 1. The summed E-state index contributed by atoms with van der Waals surface area (Å²) in [6.07, 6.45) is 5.58. The predicted octanol–water partition coefficient (Wildman–Crippen LogP) is 8.50. The van der Waals surface area contributed by atoms with Crippen molar-refractivity contribution in [1.29, 1.82) is 0 Å². The van der Waals surface area contributed by atoms with Crippen LogP contribution in [0, 0.1) is 0 Å². The zero-order valence-corrected chi connectivity index (χ0v) is 25.8. The molecule has 7 heteroatoms. The molecule has 0 radical (unpaired) electrons. The number of anilines is 1. The molecule has 2 N–H and O–H groups in total. The number of aromatic nitrogens is 3. The molecule has 0 aliphatic rings. The van der Waals surface area contributed by atoms with Gasteiger partial charge in [0, 0.05) is 30.6 Å². The Labute approximate surface area is 255 Å². The van der Waals surface area contributed by atoms with Crippen LogP contribution in [0.25, 0.3) is 32.9 Å². The van der Waals surface area contributed by atoms with Gasteiger partial charge in [0.25, 0.3) is 0 Å². The number of hydrogen-bond donors (Lipinski definition) is 1. The van der Waals surface area contributed by atoms with Gasteiger partial charge in [0.05, 0.1) is 16.5 Å². The van der Waals surface area contributed by atoms with Crippen LogP contribution < -0.4 is 5.73 Å². The molecule has 0 fully saturated rings. The third kappa shape index (κ3) is 10.5. The summed E-state index contributed by atoms with van der Waals surface area (Å²) < 4.78 is 15.5. The lowest BCUT2D eigenvalue weighted by Gasteiger charge is -2.08. The van der Waals surface area contributed by atoms with Crippen LogP contribution in [-0.4, -0.2) is 24.5 Å². The summed E-state index contributed by atoms with van der Waals surface area (Å²) >= 11 is 1.44. The number of rotatable bonds is 6. The number of hydrogen-bond acceptors (Lipinski definition) is 5. The average molecular weight is 591 g/mol. The van der Waals surface area contributed by atoms with E-state index in [-0.39, 0.29) is 0 Å². The molecule has 0 amide bonds. The minimum absolute atomic E-state index is 0.590. The van der Waals surface area contributed by atoms with Crippen LogP contribution in [0.1, 0.15) is 19.8 Å². The van der Waals surface area contributed by atoms with Crippen molar-refractivity contribution in [2.75, 3.05) is 11.5 Å². The van der Waals surface area contributed by atoms with E-state index in [1.165, 1.54) is 11.3 Å². The summed E-state index contributed by atoms with van der Waals surface area (Å²) in [7, 11) is 0.842. The fourth-order valence-electron chi connectivity index (χ4n) is 3.34. The summed E-state index contributed by atoms with van der Waals surface area (Å²) in [5.41, 5.74) is 28.7. The van der Waals surface area contributed by atoms with Gasteiger partial charge in [-0.25, -0.2) is 9.97 Å². The van der Waals surface area contributed by atoms with E-state index in [0.29, 0.717) is 11.4 Å². The van der Waals surface area contributed by atoms with Gasteiger partial charge >= 0.3 is 0 Å². The van der Waals surface area contributed by atoms with Gasteiger partial charge in [-0.05, 0) is 74.6 Å². The average Bonchev–Trinajstić information content (AvgIpc) is 3.60. The number of nitrogens with zero attached hydrogens (tertiary/aromatic N) is 3. The largest absolute Gasteiger partial charge is 0.396 e. The zero-order valence-electron chi connectivity index (χ0n) is 24.1. The van der Waals surface area contributed by atoms with Crippen molar-refractivity contribution in [1.82, 2.24) is 14.5 Å². The first-order chi connectivity index (χ1) is 20.3. The van der Waals surface area contributed by atoms with Crippen molar-refractivity contribution in [2.24, 2.45) is 7.05 Å². The lowest BCUT2D eigenvalue weighted by molar-refractivity contribution is 0.681. The molecule has 1 unspecified atom stereocenters. The summed E-state index contributed by atoms with van der Waals surface area (Å²) in [6, 6.07) is 12.1. The maximum Gasteiger partial charge on any atom is 0.158 e. The first-order valence-corrected chi connectivity index (χ1v) is 14.7. The molecule has 0 bridgehead atoms. The van der Waals surface area contributed by atoms with E-state index in [0.717, 1.165) is 49.9 Å². The van der Waals surface area contributed by atoms with Crippen molar-refractivity contribution in [2.45, 2.75) is 24.0 Å². The van der Waals surface area contributed by atoms with Crippen molar-refractivity contribution < 1.29 is 4.21 Å². The van der Waals surface area contributed by atoms with Crippen molar-refractivity contribution in [3.05, 3.63) is 134 Å². The van der Waals surface area contributed by atoms with Gasteiger partial charge in [0.1, 0.15) is 14.7 Å². The number of aryl methyl sites for hydroxylation is 1. The van der Waals surface area contributed by atoms with Gasteiger partial charge in [-0.15, -0.1) is 11.3 Å². The molecule has 0 aliphatic heterocycles. The summed E-state index contributed by atoms with van der Waals surface area (Å²) in [4.78, 5) is 10.1. The number of fused-ring (bicyclic) bond motifs is 1. The molecule has 4 aromatic rings. The van der Waals surface area contributed by atoms with E-state index in [1.54, 1.807) is 6.20 Å². The molecule has 0 saturated carbocycles. The van der Waals surface area contributed by atoms with Crippen molar-refractivity contribution in [3.63, 3.8) is 0 Å². The SMILES string of the molecule is C=C=C=C.C=C=C=C=C.C=C=C=C=C.CCCCS(=O)c1sc2nc(-c3nccn3C)cc(-c3ccccc3)c2c1N. The molecule has 5 nitrogen and oxygen atoms in total. The maximum atomic E-state index is 12.8. The highest BCUT2D eigenvalue weighted by atomic mass is 32.2. The highest BCUT2D eigenvalue weighted by Gasteiger charge is 2.21. The molecule has 0 spiro atoms. The second-order valence-corrected chi connectivity index (χ2v) is 10.7. The van der Waals surface area contributed by atoms with E-state index < -0.39 is 10.8 Å². The Balaban J connectivity index is 0.000000527. The topological polar surface area (TPSA) is 73.8 Å². The van der Waals surface area contributed by atoms with Gasteiger partial charge in [-0.3, -0.25) is 4.21 Å². The Morgan fingerprint density at radius 1 is 0.952 bits per heavy atom. The lowest BCUT2D eigenvalue weighted by atomic mass is 10.0. The number of pyridine rings is 1. The number of thiophene rings is 1. The minimum Gasteiger partial charge on any atom is -0.396 e. The summed E-state index contributed by atoms with van der Waals surface area (Å²) in [5, 5.41) is 0.883. The van der Waals surface area contributed by atoms with Crippen LogP contribution in [0.15, 0.2) is 138 Å². The number of nitrogen functional groups attached to an aromatic ring is 1. The molecule has 3 heterocycles. The smallest absolute Gasteiger partial charge is 0.158 e. The predicted molar refractivity (Wildman–Crippen MR) is 180 cm³/mol. The zero-order chi connectivity index (χ0) is 31.3. The summed E-state index contributed by atoms with van der Waals surface area (Å²) in [5.74, 6) is 1.42. The molecule has 1 atom stereocenters. The second-order valence-electron chi connectivity index (χ2n) is 7.98. The van der Waals surface area contributed by atoms with Crippen molar-refractivity contribution >= 4 is 38.0 Å². The third-order valence-electron chi connectivity index (χ3n) is 5.17. The lowest BCUT2D eigenvalue weighted by Crippen LogP contribution is -1.99.